The van der Waals surface area contributed by atoms with Gasteiger partial charge in [-0.05, 0) is 40.7 Å². The molecule has 1 aromatic heterocycles. The minimum atomic E-state index is -0.706. The van der Waals surface area contributed by atoms with Crippen LogP contribution in [0.25, 0.3) is 5.76 Å². The summed E-state index contributed by atoms with van der Waals surface area (Å²) >= 11 is 0. The third kappa shape index (κ3) is 4.87. The van der Waals surface area contributed by atoms with Crippen LogP contribution >= 0.6 is 0 Å². The van der Waals surface area contributed by atoms with Crippen LogP contribution in [-0.2, 0) is 22.1 Å². The maximum absolute atomic E-state index is 12.0. The van der Waals surface area contributed by atoms with Gasteiger partial charge in [-0.25, -0.2) is 9.78 Å². The Labute approximate surface area is 138 Å². The topological polar surface area (TPSA) is 65.4 Å². The first-order valence-electron chi connectivity index (χ1n) is 7.42. The smallest absolute Gasteiger partial charge is 0.408 e. The Morgan fingerprint density at radius 2 is 1.96 bits per heavy atom. The number of imidazole rings is 1. The van der Waals surface area contributed by atoms with Crippen LogP contribution in [0.1, 0.15) is 46.1 Å². The van der Waals surface area contributed by atoms with E-state index in [1.54, 1.807) is 25.5 Å². The van der Waals surface area contributed by atoms with E-state index in [2.05, 4.69) is 16.9 Å². The number of rotatable bonds is 5. The number of hydrogen-bond acceptors (Lipinski definition) is 4. The number of nitrogens with zero attached hydrogens (tertiary/aromatic N) is 2. The summed E-state index contributed by atoms with van der Waals surface area (Å²) in [7, 11) is 3.46. The quantitative estimate of drug-likeness (QED) is 0.667. The molecule has 6 heteroatoms. The molecule has 0 aromatic carbocycles. The zero-order chi connectivity index (χ0) is 17.8. The van der Waals surface area contributed by atoms with E-state index in [0.717, 1.165) is 5.69 Å². The van der Waals surface area contributed by atoms with Gasteiger partial charge in [-0.2, -0.15) is 0 Å². The second kappa shape index (κ2) is 6.89. The Bertz CT molecular complexity index is 607. The Kier molecular flexibility index (Phi) is 5.64. The van der Waals surface area contributed by atoms with Gasteiger partial charge in [0.05, 0.1) is 18.8 Å². The number of carbonyl (C=O) groups excluding carboxylic acids is 1. The minimum absolute atomic E-state index is 0.486. The molecule has 23 heavy (non-hydrogen) atoms. The van der Waals surface area contributed by atoms with E-state index in [9.17, 15) is 4.79 Å². The van der Waals surface area contributed by atoms with Gasteiger partial charge in [0, 0.05) is 7.05 Å². The van der Waals surface area contributed by atoms with Gasteiger partial charge < -0.3 is 19.4 Å². The third-order valence-corrected chi connectivity index (χ3v) is 3.10. The van der Waals surface area contributed by atoms with Crippen LogP contribution in [0.2, 0.25) is 0 Å². The molecule has 0 radical (unpaired) electrons. The largest absolute Gasteiger partial charge is 0.495 e. The maximum Gasteiger partial charge on any atom is 0.408 e. The predicted molar refractivity (Wildman–Crippen MR) is 90.8 cm³/mol. The molecule has 0 aliphatic heterocycles. The van der Waals surface area contributed by atoms with Crippen molar-refractivity contribution in [2.45, 2.75) is 45.8 Å². The normalized spacial score (nSPS) is 12.7. The molecule has 0 spiro atoms. The molecular formula is C17H27N3O3. The van der Waals surface area contributed by atoms with Crippen molar-refractivity contribution in [1.82, 2.24) is 14.9 Å². The first-order valence-corrected chi connectivity index (χ1v) is 7.42. The zero-order valence-corrected chi connectivity index (χ0v) is 15.1. The molecule has 0 saturated heterocycles. The standard InChI is InChI=1S/C17H27N3O3/c1-9-10-13(22-8)12-11-18-14(20(12)7)17(5,6)19-15(21)23-16(2,3)4/h9-11H,1H2,2-8H3,(H,19,21)/b13-10+. The molecule has 1 aromatic rings. The molecule has 0 aliphatic rings. The SMILES string of the molecule is C=C/C=C(/OC)c1cnc(C(C)(C)NC(=O)OC(C)(C)C)n1C. The molecule has 1 amide bonds. The molecule has 0 saturated carbocycles. The number of allylic oxidation sites excluding steroid dienone is 2. The van der Waals surface area contributed by atoms with Gasteiger partial charge in [-0.1, -0.05) is 12.7 Å². The predicted octanol–water partition coefficient (Wildman–Crippen LogP) is 3.35. The molecule has 1 rings (SSSR count). The van der Waals surface area contributed by atoms with Crippen molar-refractivity contribution in [3.8, 4) is 0 Å². The van der Waals surface area contributed by atoms with Crippen molar-refractivity contribution in [1.29, 1.82) is 0 Å². The highest BCUT2D eigenvalue weighted by Gasteiger charge is 2.30. The van der Waals surface area contributed by atoms with Crippen molar-refractivity contribution >= 4 is 11.9 Å². The van der Waals surface area contributed by atoms with Crippen LogP contribution < -0.4 is 5.32 Å². The molecule has 0 fully saturated rings. The Morgan fingerprint density at radius 3 is 2.43 bits per heavy atom. The van der Waals surface area contributed by atoms with Gasteiger partial charge in [-0.15, -0.1) is 0 Å². The summed E-state index contributed by atoms with van der Waals surface area (Å²) in [6.45, 7) is 12.9. The van der Waals surface area contributed by atoms with Crippen molar-refractivity contribution in [2.75, 3.05) is 7.11 Å². The van der Waals surface area contributed by atoms with Crippen molar-refractivity contribution in [2.24, 2.45) is 7.05 Å². The van der Waals surface area contributed by atoms with Gasteiger partial charge in [0.25, 0.3) is 0 Å². The number of hydrogen-bond donors (Lipinski definition) is 1. The summed E-state index contributed by atoms with van der Waals surface area (Å²) in [5, 5.41) is 2.85. The molecule has 0 aliphatic carbocycles. The summed E-state index contributed by atoms with van der Waals surface area (Å²) < 4.78 is 12.5. The second-order valence-corrected chi connectivity index (χ2v) is 6.75. The van der Waals surface area contributed by atoms with Gasteiger partial charge in [-0.3, -0.25) is 0 Å². The van der Waals surface area contributed by atoms with E-state index in [1.165, 1.54) is 0 Å². The highest BCUT2D eigenvalue weighted by atomic mass is 16.6. The van der Waals surface area contributed by atoms with Gasteiger partial charge in [0.2, 0.25) is 0 Å². The third-order valence-electron chi connectivity index (χ3n) is 3.10. The molecule has 0 atom stereocenters. The number of alkyl carbamates (subject to hydrolysis) is 1. The lowest BCUT2D eigenvalue weighted by molar-refractivity contribution is 0.0465. The van der Waals surface area contributed by atoms with Crippen LogP contribution in [0.5, 0.6) is 0 Å². The van der Waals surface area contributed by atoms with Crippen molar-refractivity contribution in [3.05, 3.63) is 36.4 Å². The Hall–Kier alpha value is -2.24. The van der Waals surface area contributed by atoms with Crippen LogP contribution in [0.15, 0.2) is 24.9 Å². The van der Waals surface area contributed by atoms with Crippen LogP contribution in [0, 0.1) is 0 Å². The fourth-order valence-corrected chi connectivity index (χ4v) is 2.20. The molecule has 1 heterocycles. The van der Waals surface area contributed by atoms with Crippen LogP contribution in [-0.4, -0.2) is 28.4 Å². The average molecular weight is 321 g/mol. The summed E-state index contributed by atoms with van der Waals surface area (Å²) in [6, 6.07) is 0. The number of ether oxygens (including phenoxy) is 2. The Morgan fingerprint density at radius 1 is 1.35 bits per heavy atom. The van der Waals surface area contributed by atoms with Crippen molar-refractivity contribution in [3.63, 3.8) is 0 Å². The molecule has 0 unspecified atom stereocenters. The van der Waals surface area contributed by atoms with E-state index >= 15 is 0 Å². The monoisotopic (exact) mass is 321 g/mol. The Balaban J connectivity index is 3.06. The fourth-order valence-electron chi connectivity index (χ4n) is 2.20. The lowest BCUT2D eigenvalue weighted by atomic mass is 10.1. The second-order valence-electron chi connectivity index (χ2n) is 6.75. The first kappa shape index (κ1) is 18.8. The lowest BCUT2D eigenvalue weighted by Crippen LogP contribution is -2.45. The van der Waals surface area contributed by atoms with E-state index < -0.39 is 17.2 Å². The summed E-state index contributed by atoms with van der Waals surface area (Å²) in [5.74, 6) is 1.33. The van der Waals surface area contributed by atoms with Gasteiger partial charge >= 0.3 is 6.09 Å². The maximum atomic E-state index is 12.0. The number of amides is 1. The van der Waals surface area contributed by atoms with Gasteiger partial charge in [0.15, 0.2) is 0 Å². The van der Waals surface area contributed by atoms with E-state index in [4.69, 9.17) is 9.47 Å². The summed E-state index contributed by atoms with van der Waals surface area (Å²) in [4.78, 5) is 16.5. The highest BCUT2D eigenvalue weighted by molar-refractivity contribution is 5.69. The van der Waals surface area contributed by atoms with E-state index in [1.807, 2.05) is 46.2 Å². The lowest BCUT2D eigenvalue weighted by Gasteiger charge is -2.28. The van der Waals surface area contributed by atoms with Crippen LogP contribution in [0.4, 0.5) is 4.79 Å². The molecule has 128 valence electrons. The van der Waals surface area contributed by atoms with E-state index in [0.29, 0.717) is 11.6 Å². The molecule has 6 nitrogen and oxygen atoms in total. The molecular weight excluding hydrogens is 294 g/mol. The van der Waals surface area contributed by atoms with Gasteiger partial charge in [0.1, 0.15) is 22.9 Å². The number of methoxy groups -OCH3 is 1. The van der Waals surface area contributed by atoms with E-state index in [-0.39, 0.29) is 0 Å². The number of carbonyl (C=O) groups is 1. The molecule has 0 bridgehead atoms. The number of aromatic nitrogens is 2. The fraction of sp³-hybridized carbons (Fsp3) is 0.529. The number of nitrogens with one attached hydrogen (secondary N) is 1. The molecule has 1 N–H and O–H groups in total. The van der Waals surface area contributed by atoms with Crippen LogP contribution in [0.3, 0.4) is 0 Å². The summed E-state index contributed by atoms with van der Waals surface area (Å²) in [6.07, 6.45) is 4.62. The average Bonchev–Trinajstić information content (AvgIpc) is 2.75. The zero-order valence-electron chi connectivity index (χ0n) is 15.1. The summed E-state index contributed by atoms with van der Waals surface area (Å²) in [5.41, 5.74) is -0.466. The minimum Gasteiger partial charge on any atom is -0.495 e. The highest BCUT2D eigenvalue weighted by Crippen LogP contribution is 2.24. The first-order chi connectivity index (χ1) is 10.5. The van der Waals surface area contributed by atoms with Crippen molar-refractivity contribution < 1.29 is 14.3 Å².